The van der Waals surface area contributed by atoms with Crippen LogP contribution >= 0.6 is 31.9 Å². The molecule has 15 heavy (non-hydrogen) atoms. The first kappa shape index (κ1) is 15.6. The Kier molecular flexibility index (Phi) is 7.34. The van der Waals surface area contributed by atoms with Crippen molar-refractivity contribution in [2.24, 2.45) is 0 Å². The molecule has 0 heterocycles. The summed E-state index contributed by atoms with van der Waals surface area (Å²) in [6.45, 7) is 1.08. The summed E-state index contributed by atoms with van der Waals surface area (Å²) in [5.41, 5.74) is 1.35. The van der Waals surface area contributed by atoms with Gasteiger partial charge in [0.25, 0.3) is 0 Å². The van der Waals surface area contributed by atoms with Gasteiger partial charge in [0.2, 0.25) is 0 Å². The number of hydrogen-bond acceptors (Lipinski definition) is 0. The third-order valence-corrected chi connectivity index (χ3v) is 4.54. The van der Waals surface area contributed by atoms with Crippen LogP contribution in [0.15, 0.2) is 30.3 Å². The van der Waals surface area contributed by atoms with Gasteiger partial charge in [0.05, 0.1) is 25.5 Å². The topological polar surface area (TPSA) is 0 Å². The minimum absolute atomic E-state index is 0. The fourth-order valence-electron chi connectivity index (χ4n) is 1.48. The number of para-hydroxylation sites is 1. The fourth-order valence-corrected chi connectivity index (χ4v) is 2.41. The molecule has 1 atom stereocenters. The summed E-state index contributed by atoms with van der Waals surface area (Å²) < 4.78 is 0.905. The Bertz CT molecular complexity index is 274. The van der Waals surface area contributed by atoms with Gasteiger partial charge in [-0.3, -0.25) is 4.48 Å². The summed E-state index contributed by atoms with van der Waals surface area (Å²) in [5, 5.41) is 0.988. The number of quaternary nitrogens is 1. The van der Waals surface area contributed by atoms with Crippen molar-refractivity contribution in [3.8, 4) is 0 Å². The van der Waals surface area contributed by atoms with E-state index in [4.69, 9.17) is 0 Å². The van der Waals surface area contributed by atoms with Crippen molar-refractivity contribution in [1.82, 2.24) is 4.48 Å². The maximum Gasteiger partial charge on any atom is 0.132 e. The normalized spacial score (nSPS) is 13.1. The van der Waals surface area contributed by atoms with Gasteiger partial charge in [0.15, 0.2) is 0 Å². The highest BCUT2D eigenvalue weighted by Gasteiger charge is 2.21. The molecular weight excluding hydrogens is 386 g/mol. The van der Waals surface area contributed by atoms with Gasteiger partial charge in [0, 0.05) is 5.33 Å². The second-order valence-corrected chi connectivity index (χ2v) is 5.90. The van der Waals surface area contributed by atoms with Crippen molar-refractivity contribution in [2.75, 3.05) is 26.0 Å². The Morgan fingerprint density at radius 3 is 2.20 bits per heavy atom. The van der Waals surface area contributed by atoms with Gasteiger partial charge < -0.3 is 17.0 Å². The van der Waals surface area contributed by atoms with E-state index < -0.39 is 0 Å². The van der Waals surface area contributed by atoms with E-state index in [0.29, 0.717) is 4.83 Å². The first-order valence-electron chi connectivity index (χ1n) is 4.65. The minimum atomic E-state index is 0. The third-order valence-electron chi connectivity index (χ3n) is 2.28. The second-order valence-electron chi connectivity index (χ2n) is 3.95. The Labute approximate surface area is 119 Å². The lowest BCUT2D eigenvalue weighted by atomic mass is 10.2. The van der Waals surface area contributed by atoms with Gasteiger partial charge in [-0.15, -0.1) is 0 Å². The van der Waals surface area contributed by atoms with Gasteiger partial charge in [0.1, 0.15) is 5.69 Å². The Morgan fingerprint density at radius 2 is 1.73 bits per heavy atom. The molecule has 0 aliphatic carbocycles. The van der Waals surface area contributed by atoms with Crippen molar-refractivity contribution in [3.63, 3.8) is 0 Å². The van der Waals surface area contributed by atoms with Crippen LogP contribution in [0.5, 0.6) is 0 Å². The summed E-state index contributed by atoms with van der Waals surface area (Å²) in [4.78, 5) is 0.512. The van der Waals surface area contributed by atoms with Crippen molar-refractivity contribution >= 4 is 37.5 Å². The lowest BCUT2D eigenvalue weighted by molar-refractivity contribution is -0.00000287. The molecule has 0 aromatic heterocycles. The predicted octanol–water partition coefficient (Wildman–Crippen LogP) is 0.416. The van der Waals surface area contributed by atoms with Gasteiger partial charge in [-0.1, -0.05) is 50.1 Å². The molecular formula is C11H16Br3N. The number of hydrogen-bond donors (Lipinski definition) is 0. The maximum absolute atomic E-state index is 3.65. The summed E-state index contributed by atoms with van der Waals surface area (Å²) in [5.74, 6) is 0. The van der Waals surface area contributed by atoms with E-state index in [1.807, 2.05) is 0 Å². The van der Waals surface area contributed by atoms with E-state index in [2.05, 4.69) is 76.3 Å². The zero-order valence-corrected chi connectivity index (χ0v) is 13.7. The first-order valence-corrected chi connectivity index (χ1v) is 6.68. The molecule has 0 saturated carbocycles. The van der Waals surface area contributed by atoms with E-state index in [1.165, 1.54) is 5.69 Å². The quantitative estimate of drug-likeness (QED) is 0.506. The van der Waals surface area contributed by atoms with Crippen LogP contribution in [0, 0.1) is 0 Å². The fraction of sp³-hybridized carbons (Fsp3) is 0.455. The number of benzene rings is 1. The van der Waals surface area contributed by atoms with E-state index in [1.54, 1.807) is 0 Å². The molecule has 0 saturated heterocycles. The van der Waals surface area contributed by atoms with Gasteiger partial charge >= 0.3 is 0 Å². The number of nitrogens with zero attached hydrogens (tertiary/aromatic N) is 1. The highest BCUT2D eigenvalue weighted by Crippen LogP contribution is 2.20. The average Bonchev–Trinajstić information content (AvgIpc) is 2.18. The van der Waals surface area contributed by atoms with Crippen LogP contribution < -0.4 is 21.5 Å². The summed E-state index contributed by atoms with van der Waals surface area (Å²) in [6, 6.07) is 10.6. The zero-order valence-electron chi connectivity index (χ0n) is 8.96. The monoisotopic (exact) mass is 399 g/mol. The van der Waals surface area contributed by atoms with Crippen LogP contribution in [-0.2, 0) is 0 Å². The van der Waals surface area contributed by atoms with Crippen LogP contribution in [0.2, 0.25) is 0 Å². The molecule has 0 aliphatic heterocycles. The number of halogens is 3. The Hall–Kier alpha value is 0.620. The van der Waals surface area contributed by atoms with Gasteiger partial charge in [-0.25, -0.2) is 0 Å². The third kappa shape index (κ3) is 4.98. The number of rotatable bonds is 4. The van der Waals surface area contributed by atoms with Crippen molar-refractivity contribution in [3.05, 3.63) is 30.3 Å². The molecule has 0 fully saturated rings. The summed E-state index contributed by atoms with van der Waals surface area (Å²) in [6.07, 6.45) is 0. The number of alkyl halides is 2. The zero-order chi connectivity index (χ0) is 10.6. The van der Waals surface area contributed by atoms with Crippen LogP contribution in [0.25, 0.3) is 0 Å². The standard InChI is InChI=1S/C11H16Br2N.BrH/c1-14(2,9-10(13)8-12)11-6-4-3-5-7-11;/h3-7,10H,8-9H2,1-2H3;1H/q+1;/p-1. The molecule has 86 valence electrons. The smallest absolute Gasteiger partial charge is 0.132 e. The summed E-state index contributed by atoms with van der Waals surface area (Å²) in [7, 11) is 4.46. The molecule has 0 bridgehead atoms. The largest absolute Gasteiger partial charge is 1.00 e. The molecule has 1 rings (SSSR count). The van der Waals surface area contributed by atoms with Crippen LogP contribution in [0.4, 0.5) is 5.69 Å². The van der Waals surface area contributed by atoms with E-state index >= 15 is 0 Å². The molecule has 0 N–H and O–H groups in total. The molecule has 1 aromatic carbocycles. The van der Waals surface area contributed by atoms with Crippen LogP contribution in [-0.4, -0.2) is 30.8 Å². The molecule has 0 aliphatic rings. The molecule has 1 aromatic rings. The molecule has 0 spiro atoms. The summed E-state index contributed by atoms with van der Waals surface area (Å²) >= 11 is 7.13. The highest BCUT2D eigenvalue weighted by atomic mass is 79.9. The molecule has 0 radical (unpaired) electrons. The minimum Gasteiger partial charge on any atom is -1.00 e. The Morgan fingerprint density at radius 1 is 1.20 bits per heavy atom. The van der Waals surface area contributed by atoms with Crippen LogP contribution in [0.1, 0.15) is 0 Å². The molecule has 0 amide bonds. The van der Waals surface area contributed by atoms with Gasteiger partial charge in [-0.05, 0) is 12.1 Å². The first-order chi connectivity index (χ1) is 6.56. The van der Waals surface area contributed by atoms with Gasteiger partial charge in [-0.2, -0.15) is 0 Å². The van der Waals surface area contributed by atoms with E-state index in [9.17, 15) is 0 Å². The van der Waals surface area contributed by atoms with Crippen LogP contribution in [0.3, 0.4) is 0 Å². The lowest BCUT2D eigenvalue weighted by Crippen LogP contribution is -3.00. The van der Waals surface area contributed by atoms with Crippen molar-refractivity contribution < 1.29 is 17.0 Å². The van der Waals surface area contributed by atoms with E-state index in [0.717, 1.165) is 16.4 Å². The lowest BCUT2D eigenvalue weighted by Gasteiger charge is -2.30. The van der Waals surface area contributed by atoms with Crippen molar-refractivity contribution in [1.29, 1.82) is 0 Å². The maximum atomic E-state index is 3.65. The second kappa shape index (κ2) is 7.05. The SMILES string of the molecule is C[N+](C)(CC(Br)CBr)c1ccccc1.[Br-]. The average molecular weight is 402 g/mol. The highest BCUT2D eigenvalue weighted by molar-refractivity contribution is 9.12. The predicted molar refractivity (Wildman–Crippen MR) is 71.5 cm³/mol. The Balaban J connectivity index is 0.00000196. The molecule has 1 unspecified atom stereocenters. The van der Waals surface area contributed by atoms with Crippen molar-refractivity contribution in [2.45, 2.75) is 4.83 Å². The molecule has 1 nitrogen and oxygen atoms in total. The molecule has 4 heteroatoms. The van der Waals surface area contributed by atoms with E-state index in [-0.39, 0.29) is 17.0 Å².